The fourth-order valence-corrected chi connectivity index (χ4v) is 3.97. The van der Waals surface area contributed by atoms with E-state index in [4.69, 9.17) is 0 Å². The highest BCUT2D eigenvalue weighted by Gasteiger charge is 2.31. The molecule has 0 saturated heterocycles. The number of hydrogen-bond acceptors (Lipinski definition) is 6. The van der Waals surface area contributed by atoms with Gasteiger partial charge in [0.15, 0.2) is 11.0 Å². The van der Waals surface area contributed by atoms with Gasteiger partial charge in [0.05, 0.1) is 11.4 Å². The first-order valence-electron chi connectivity index (χ1n) is 10.4. The van der Waals surface area contributed by atoms with E-state index in [0.717, 1.165) is 34.5 Å². The Morgan fingerprint density at radius 3 is 2.37 bits per heavy atom. The third kappa shape index (κ3) is 6.18. The second kappa shape index (κ2) is 10.2. The van der Waals surface area contributed by atoms with Crippen LogP contribution in [0.4, 0.5) is 18.9 Å². The summed E-state index contributed by atoms with van der Waals surface area (Å²) in [5.74, 6) is -0.0893. The first kappa shape index (κ1) is 24.3. The number of thioether (sulfide) groups is 1. The average molecular weight is 500 g/mol. The Morgan fingerprint density at radius 2 is 1.71 bits per heavy atom. The van der Waals surface area contributed by atoms with Gasteiger partial charge in [-0.25, -0.2) is 0 Å². The van der Waals surface area contributed by atoms with Crippen molar-refractivity contribution in [3.63, 3.8) is 0 Å². The predicted octanol–water partition coefficient (Wildman–Crippen LogP) is 5.58. The molecule has 0 unspecified atom stereocenters. The highest BCUT2D eigenvalue weighted by Crippen LogP contribution is 2.29. The molecule has 4 rings (SSSR count). The van der Waals surface area contributed by atoms with E-state index in [2.05, 4.69) is 25.2 Å². The lowest BCUT2D eigenvalue weighted by Crippen LogP contribution is -2.17. The summed E-state index contributed by atoms with van der Waals surface area (Å²) in [6, 6.07) is 14.6. The zero-order valence-electron chi connectivity index (χ0n) is 18.7. The smallest absolute Gasteiger partial charge is 0.406 e. The number of carbonyl (C=O) groups excluding carboxylic acids is 1. The maximum Gasteiger partial charge on any atom is 0.573 e. The summed E-state index contributed by atoms with van der Waals surface area (Å²) >= 11 is 1.19. The molecule has 0 aliphatic rings. The molecule has 0 aliphatic carbocycles. The van der Waals surface area contributed by atoms with Crippen molar-refractivity contribution < 1.29 is 22.7 Å². The van der Waals surface area contributed by atoms with Gasteiger partial charge in [0, 0.05) is 23.6 Å². The lowest BCUT2D eigenvalue weighted by molar-refractivity contribution is -0.274. The number of pyridine rings is 1. The molecule has 2 heterocycles. The second-order valence-electron chi connectivity index (χ2n) is 7.56. The Bertz CT molecular complexity index is 1330. The Morgan fingerprint density at radius 1 is 1.00 bits per heavy atom. The summed E-state index contributed by atoms with van der Waals surface area (Å²) in [4.78, 5) is 16.6. The molecule has 2 aromatic heterocycles. The number of rotatable bonds is 7. The summed E-state index contributed by atoms with van der Waals surface area (Å²) in [6.07, 6.45) is -1.44. The normalized spacial score (nSPS) is 11.3. The van der Waals surface area contributed by atoms with Gasteiger partial charge in [-0.3, -0.25) is 14.3 Å². The van der Waals surface area contributed by atoms with Crippen molar-refractivity contribution >= 4 is 23.4 Å². The minimum absolute atomic E-state index is 0.0140. The van der Waals surface area contributed by atoms with E-state index >= 15 is 0 Å². The van der Waals surface area contributed by atoms with Crippen LogP contribution in [0.5, 0.6) is 5.75 Å². The predicted molar refractivity (Wildman–Crippen MR) is 127 cm³/mol. The molecule has 0 fully saturated rings. The Kier molecular flexibility index (Phi) is 7.06. The molecule has 35 heavy (non-hydrogen) atoms. The number of carbonyl (C=O) groups is 1. The summed E-state index contributed by atoms with van der Waals surface area (Å²) in [5, 5.41) is 11.8. The number of hydrogen-bond donors (Lipinski definition) is 1. The van der Waals surface area contributed by atoms with E-state index in [1.807, 2.05) is 48.7 Å². The third-order valence-corrected chi connectivity index (χ3v) is 5.95. The van der Waals surface area contributed by atoms with Crippen LogP contribution < -0.4 is 10.1 Å². The summed E-state index contributed by atoms with van der Waals surface area (Å²) in [5.41, 5.74) is 4.27. The number of anilines is 1. The number of amides is 1. The van der Waals surface area contributed by atoms with Crippen molar-refractivity contribution in [3.8, 4) is 22.8 Å². The van der Waals surface area contributed by atoms with Crippen LogP contribution in [0.1, 0.15) is 11.1 Å². The van der Waals surface area contributed by atoms with Crippen LogP contribution in [0.2, 0.25) is 0 Å². The molecule has 1 N–H and O–H groups in total. The van der Waals surface area contributed by atoms with E-state index < -0.39 is 6.36 Å². The molecular formula is C24H20F3N5O2S. The van der Waals surface area contributed by atoms with E-state index in [0.29, 0.717) is 16.7 Å². The van der Waals surface area contributed by atoms with Crippen molar-refractivity contribution in [3.05, 3.63) is 78.1 Å². The molecule has 0 spiro atoms. The first-order valence-corrected chi connectivity index (χ1v) is 11.4. The average Bonchev–Trinajstić information content (AvgIpc) is 3.24. The van der Waals surface area contributed by atoms with E-state index in [1.165, 1.54) is 23.9 Å². The van der Waals surface area contributed by atoms with Gasteiger partial charge in [-0.15, -0.1) is 23.4 Å². The molecule has 4 aromatic rings. The van der Waals surface area contributed by atoms with E-state index in [9.17, 15) is 18.0 Å². The van der Waals surface area contributed by atoms with Crippen LogP contribution in [0, 0.1) is 13.8 Å². The van der Waals surface area contributed by atoms with Crippen LogP contribution in [0.15, 0.2) is 72.1 Å². The fourth-order valence-electron chi connectivity index (χ4n) is 3.22. The second-order valence-corrected chi connectivity index (χ2v) is 8.50. The van der Waals surface area contributed by atoms with Crippen LogP contribution in [0.3, 0.4) is 0 Å². The number of alkyl halides is 3. The number of nitrogens with one attached hydrogen (secondary N) is 1. The number of aromatic nitrogens is 4. The van der Waals surface area contributed by atoms with Crippen molar-refractivity contribution in [2.45, 2.75) is 25.4 Å². The molecule has 0 atom stereocenters. The summed E-state index contributed by atoms with van der Waals surface area (Å²) in [6.45, 7) is 4.04. The SMILES string of the molecule is Cc1ccc(-n2c(SCC(=O)Nc3ccc(OC(F)(F)F)cc3)nnc2-c2ccncc2)cc1C. The Labute approximate surface area is 203 Å². The zero-order valence-corrected chi connectivity index (χ0v) is 19.5. The van der Waals surface area contributed by atoms with Crippen molar-refractivity contribution in [2.75, 3.05) is 11.1 Å². The van der Waals surface area contributed by atoms with Gasteiger partial charge in [-0.05, 0) is 73.5 Å². The highest BCUT2D eigenvalue weighted by molar-refractivity contribution is 7.99. The molecule has 2 aromatic carbocycles. The lowest BCUT2D eigenvalue weighted by atomic mass is 10.1. The maximum absolute atomic E-state index is 12.5. The number of benzene rings is 2. The van der Waals surface area contributed by atoms with E-state index in [1.54, 1.807) is 12.4 Å². The number of halogens is 3. The molecule has 0 bridgehead atoms. The number of nitrogens with zero attached hydrogens (tertiary/aromatic N) is 4. The Hall–Kier alpha value is -3.86. The monoisotopic (exact) mass is 499 g/mol. The quantitative estimate of drug-likeness (QED) is 0.335. The summed E-state index contributed by atoms with van der Waals surface area (Å²) < 4.78 is 42.6. The molecule has 0 saturated carbocycles. The largest absolute Gasteiger partial charge is 0.573 e. The lowest BCUT2D eigenvalue weighted by Gasteiger charge is -2.12. The number of ether oxygens (including phenoxy) is 1. The van der Waals surface area contributed by atoms with Crippen molar-refractivity contribution in [2.24, 2.45) is 0 Å². The molecule has 7 nitrogen and oxygen atoms in total. The van der Waals surface area contributed by atoms with Gasteiger partial charge in [0.25, 0.3) is 0 Å². The molecule has 0 aliphatic heterocycles. The minimum Gasteiger partial charge on any atom is -0.406 e. The standard InChI is InChI=1S/C24H20F3N5O2S/c1-15-3-6-19(13-16(15)2)32-22(17-9-11-28-12-10-17)30-31-23(32)35-14-21(33)29-18-4-7-20(8-5-18)34-24(25,26)27/h3-13H,14H2,1-2H3,(H,29,33). The summed E-state index contributed by atoms with van der Waals surface area (Å²) in [7, 11) is 0. The number of aryl methyl sites for hydroxylation is 2. The van der Waals surface area contributed by atoms with Crippen LogP contribution >= 0.6 is 11.8 Å². The Balaban J connectivity index is 1.51. The molecular weight excluding hydrogens is 479 g/mol. The van der Waals surface area contributed by atoms with Crippen LogP contribution in [0.25, 0.3) is 17.1 Å². The highest BCUT2D eigenvalue weighted by atomic mass is 32.2. The van der Waals surface area contributed by atoms with Crippen molar-refractivity contribution in [1.29, 1.82) is 0 Å². The topological polar surface area (TPSA) is 81.9 Å². The van der Waals surface area contributed by atoms with Gasteiger partial charge >= 0.3 is 6.36 Å². The molecule has 0 radical (unpaired) electrons. The van der Waals surface area contributed by atoms with Gasteiger partial charge in [-0.1, -0.05) is 17.8 Å². The molecule has 1 amide bonds. The third-order valence-electron chi connectivity index (χ3n) is 5.02. The van der Waals surface area contributed by atoms with Crippen molar-refractivity contribution in [1.82, 2.24) is 19.7 Å². The van der Waals surface area contributed by atoms with Gasteiger partial charge in [-0.2, -0.15) is 0 Å². The van der Waals surface area contributed by atoms with Crippen LogP contribution in [-0.2, 0) is 4.79 Å². The van der Waals surface area contributed by atoms with Gasteiger partial charge in [0.2, 0.25) is 5.91 Å². The minimum atomic E-state index is -4.78. The van der Waals surface area contributed by atoms with Gasteiger partial charge < -0.3 is 10.1 Å². The maximum atomic E-state index is 12.5. The van der Waals surface area contributed by atoms with Crippen LogP contribution in [-0.4, -0.2) is 37.8 Å². The molecule has 180 valence electrons. The zero-order chi connectivity index (χ0) is 25.0. The first-order chi connectivity index (χ1) is 16.7. The molecule has 11 heteroatoms. The fraction of sp³-hybridized carbons (Fsp3) is 0.167. The van der Waals surface area contributed by atoms with Gasteiger partial charge in [0.1, 0.15) is 5.75 Å². The van der Waals surface area contributed by atoms with E-state index in [-0.39, 0.29) is 17.4 Å².